The molecule has 0 radical (unpaired) electrons. The van der Waals surface area contributed by atoms with Gasteiger partial charge in [-0.25, -0.2) is 0 Å². The zero-order valence-electron chi connectivity index (χ0n) is 11.8. The Labute approximate surface area is 115 Å². The van der Waals surface area contributed by atoms with Crippen molar-refractivity contribution in [2.75, 3.05) is 6.61 Å². The smallest absolute Gasteiger partial charge is 0.149 e. The van der Waals surface area contributed by atoms with E-state index in [0.29, 0.717) is 6.61 Å². The van der Waals surface area contributed by atoms with E-state index in [1.54, 1.807) is 0 Å². The van der Waals surface area contributed by atoms with Crippen molar-refractivity contribution in [1.82, 2.24) is 0 Å². The van der Waals surface area contributed by atoms with Crippen molar-refractivity contribution in [3.63, 3.8) is 0 Å². The molecule has 0 atom stereocenters. The van der Waals surface area contributed by atoms with E-state index in [9.17, 15) is 5.11 Å². The van der Waals surface area contributed by atoms with Crippen molar-refractivity contribution in [3.8, 4) is 17.6 Å². The molecule has 0 heterocycles. The Bertz CT molecular complexity index is 488. The molecule has 2 rings (SSSR count). The average molecular weight is 258 g/mol. The quantitative estimate of drug-likeness (QED) is 0.824. The van der Waals surface area contributed by atoms with Crippen molar-refractivity contribution >= 4 is 0 Å². The molecule has 0 aliphatic heterocycles. The third kappa shape index (κ3) is 4.01. The van der Waals surface area contributed by atoms with Crippen molar-refractivity contribution < 1.29 is 9.84 Å². The van der Waals surface area contributed by atoms with E-state index in [1.165, 1.54) is 12.0 Å². The van der Waals surface area contributed by atoms with Crippen LogP contribution in [0.25, 0.3) is 0 Å². The fraction of sp³-hybridized carbons (Fsp3) is 0.529. The van der Waals surface area contributed by atoms with E-state index >= 15 is 0 Å². The van der Waals surface area contributed by atoms with Gasteiger partial charge in [0.05, 0.1) is 0 Å². The number of benzene rings is 1. The topological polar surface area (TPSA) is 29.5 Å². The van der Waals surface area contributed by atoms with Crippen LogP contribution < -0.4 is 4.74 Å². The minimum Gasteiger partial charge on any atom is -0.481 e. The standard InChI is InChI=1S/C17H22O2/c1-14-7-8-16(15(2)13-14)19-12-6-11-17(18)9-4-3-5-10-17/h7-8,13,18H,3-5,9-10,12H2,1-2H3. The molecule has 1 aromatic carbocycles. The summed E-state index contributed by atoms with van der Waals surface area (Å²) in [5, 5.41) is 10.2. The first-order valence-electron chi connectivity index (χ1n) is 7.02. The first kappa shape index (κ1) is 14.0. The van der Waals surface area contributed by atoms with Crippen LogP contribution in [0.4, 0.5) is 0 Å². The summed E-state index contributed by atoms with van der Waals surface area (Å²) in [5.41, 5.74) is 1.58. The van der Waals surface area contributed by atoms with Crippen molar-refractivity contribution in [3.05, 3.63) is 29.3 Å². The van der Waals surface area contributed by atoms with Crippen molar-refractivity contribution in [2.24, 2.45) is 0 Å². The van der Waals surface area contributed by atoms with Crippen LogP contribution in [0.5, 0.6) is 5.75 Å². The molecule has 1 aromatic rings. The third-order valence-electron chi connectivity index (χ3n) is 3.63. The Kier molecular flexibility index (Phi) is 4.50. The Morgan fingerprint density at radius 2 is 1.95 bits per heavy atom. The third-order valence-corrected chi connectivity index (χ3v) is 3.63. The molecule has 102 valence electrons. The number of ether oxygens (including phenoxy) is 1. The summed E-state index contributed by atoms with van der Waals surface area (Å²) in [4.78, 5) is 0. The highest BCUT2D eigenvalue weighted by molar-refractivity contribution is 5.36. The van der Waals surface area contributed by atoms with Crippen LogP contribution in [0.1, 0.15) is 43.2 Å². The summed E-state index contributed by atoms with van der Waals surface area (Å²) >= 11 is 0. The van der Waals surface area contributed by atoms with Gasteiger partial charge in [0.15, 0.2) is 0 Å². The zero-order valence-corrected chi connectivity index (χ0v) is 11.8. The first-order valence-corrected chi connectivity index (χ1v) is 7.02. The normalized spacial score (nSPS) is 17.4. The van der Waals surface area contributed by atoms with Crippen LogP contribution in [0.2, 0.25) is 0 Å². The summed E-state index contributed by atoms with van der Waals surface area (Å²) in [6, 6.07) is 6.10. The molecular weight excluding hydrogens is 236 g/mol. The maximum atomic E-state index is 10.2. The van der Waals surface area contributed by atoms with Gasteiger partial charge < -0.3 is 9.84 Å². The maximum absolute atomic E-state index is 10.2. The van der Waals surface area contributed by atoms with Gasteiger partial charge in [-0.15, -0.1) is 0 Å². The molecule has 2 heteroatoms. The van der Waals surface area contributed by atoms with Gasteiger partial charge >= 0.3 is 0 Å². The lowest BCUT2D eigenvalue weighted by atomic mass is 9.85. The van der Waals surface area contributed by atoms with Crippen LogP contribution >= 0.6 is 0 Å². The van der Waals surface area contributed by atoms with Gasteiger partial charge in [-0.2, -0.15) is 0 Å². The summed E-state index contributed by atoms with van der Waals surface area (Å²) in [6.45, 7) is 4.44. The molecule has 0 amide bonds. The van der Waals surface area contributed by atoms with Gasteiger partial charge in [-0.3, -0.25) is 0 Å². The van der Waals surface area contributed by atoms with Gasteiger partial charge in [0, 0.05) is 0 Å². The first-order chi connectivity index (χ1) is 9.09. The van der Waals surface area contributed by atoms with Gasteiger partial charge in [-0.1, -0.05) is 36.0 Å². The van der Waals surface area contributed by atoms with Crippen LogP contribution in [0.15, 0.2) is 18.2 Å². The van der Waals surface area contributed by atoms with E-state index < -0.39 is 5.60 Å². The molecule has 1 saturated carbocycles. The second-order valence-corrected chi connectivity index (χ2v) is 5.45. The fourth-order valence-electron chi connectivity index (χ4n) is 2.54. The molecule has 0 saturated heterocycles. The lowest BCUT2D eigenvalue weighted by Gasteiger charge is -2.26. The van der Waals surface area contributed by atoms with E-state index in [2.05, 4.69) is 24.8 Å². The average Bonchev–Trinajstić information content (AvgIpc) is 2.37. The Balaban J connectivity index is 1.89. The van der Waals surface area contributed by atoms with Crippen molar-refractivity contribution in [2.45, 2.75) is 51.6 Å². The Hall–Kier alpha value is -1.46. The van der Waals surface area contributed by atoms with Crippen LogP contribution in [-0.4, -0.2) is 17.3 Å². The van der Waals surface area contributed by atoms with Gasteiger partial charge in [0.2, 0.25) is 0 Å². The minimum absolute atomic E-state index is 0.339. The predicted octanol–water partition coefficient (Wildman–Crippen LogP) is 3.38. The van der Waals surface area contributed by atoms with Gasteiger partial charge in [0.1, 0.15) is 18.0 Å². The zero-order chi connectivity index (χ0) is 13.7. The van der Waals surface area contributed by atoms with E-state index in [1.807, 2.05) is 19.1 Å². The molecule has 2 nitrogen and oxygen atoms in total. The van der Waals surface area contributed by atoms with Gasteiger partial charge in [-0.05, 0) is 51.2 Å². The predicted molar refractivity (Wildman–Crippen MR) is 77.2 cm³/mol. The number of rotatable bonds is 2. The number of aryl methyl sites for hydroxylation is 2. The minimum atomic E-state index is -0.774. The second kappa shape index (κ2) is 6.12. The molecule has 1 aliphatic carbocycles. The number of hydrogen-bond donors (Lipinski definition) is 1. The molecule has 1 N–H and O–H groups in total. The highest BCUT2D eigenvalue weighted by Gasteiger charge is 2.26. The van der Waals surface area contributed by atoms with Crippen LogP contribution in [-0.2, 0) is 0 Å². The number of aliphatic hydroxyl groups is 1. The molecule has 0 aromatic heterocycles. The lowest BCUT2D eigenvalue weighted by molar-refractivity contribution is 0.0608. The largest absolute Gasteiger partial charge is 0.481 e. The lowest BCUT2D eigenvalue weighted by Crippen LogP contribution is -2.29. The fourth-order valence-corrected chi connectivity index (χ4v) is 2.54. The molecule has 1 fully saturated rings. The van der Waals surface area contributed by atoms with Gasteiger partial charge in [0.25, 0.3) is 0 Å². The number of hydrogen-bond acceptors (Lipinski definition) is 2. The second-order valence-electron chi connectivity index (χ2n) is 5.45. The maximum Gasteiger partial charge on any atom is 0.149 e. The monoisotopic (exact) mass is 258 g/mol. The van der Waals surface area contributed by atoms with E-state index in [4.69, 9.17) is 4.74 Å². The van der Waals surface area contributed by atoms with Crippen LogP contribution in [0.3, 0.4) is 0 Å². The van der Waals surface area contributed by atoms with Crippen LogP contribution in [0, 0.1) is 25.7 Å². The van der Waals surface area contributed by atoms with Crippen molar-refractivity contribution in [1.29, 1.82) is 0 Å². The Morgan fingerprint density at radius 1 is 1.21 bits per heavy atom. The summed E-state index contributed by atoms with van der Waals surface area (Å²) in [6.07, 6.45) is 4.95. The summed E-state index contributed by atoms with van der Waals surface area (Å²) in [7, 11) is 0. The Morgan fingerprint density at radius 3 is 2.63 bits per heavy atom. The van der Waals surface area contributed by atoms with E-state index in [-0.39, 0.29) is 0 Å². The molecule has 19 heavy (non-hydrogen) atoms. The summed E-state index contributed by atoms with van der Waals surface area (Å²) < 4.78 is 5.64. The SMILES string of the molecule is Cc1ccc(OCC#CC2(O)CCCCC2)c(C)c1. The molecule has 1 aliphatic rings. The van der Waals surface area contributed by atoms with E-state index in [0.717, 1.165) is 37.0 Å². The molecule has 0 unspecified atom stereocenters. The molecular formula is C17H22O2. The highest BCUT2D eigenvalue weighted by Crippen LogP contribution is 2.27. The molecule has 0 bridgehead atoms. The highest BCUT2D eigenvalue weighted by atomic mass is 16.5. The molecule has 0 spiro atoms. The summed E-state index contributed by atoms with van der Waals surface area (Å²) in [5.74, 6) is 6.81.